The number of hydrogen-bond acceptors (Lipinski definition) is 0. The van der Waals surface area contributed by atoms with Gasteiger partial charge in [-0.2, -0.15) is 0 Å². The van der Waals surface area contributed by atoms with Gasteiger partial charge in [-0.05, 0) is 54.9 Å². The van der Waals surface area contributed by atoms with E-state index in [2.05, 4.69) is 61.5 Å². The van der Waals surface area contributed by atoms with Crippen molar-refractivity contribution in [1.29, 1.82) is 0 Å². The Morgan fingerprint density at radius 1 is 0.615 bits per heavy atom. The summed E-state index contributed by atoms with van der Waals surface area (Å²) in [6.07, 6.45) is 22.4. The van der Waals surface area contributed by atoms with Crippen LogP contribution in [0.15, 0.2) is 54.6 Å². The predicted octanol–water partition coefficient (Wildman–Crippen LogP) is 8.64. The monoisotopic (exact) mass is 350 g/mol. The van der Waals surface area contributed by atoms with Crippen molar-refractivity contribution in [2.75, 3.05) is 0 Å². The van der Waals surface area contributed by atoms with Crippen LogP contribution in [0.1, 0.15) is 89.5 Å². The lowest BCUT2D eigenvalue weighted by Gasteiger charge is -2.06. The van der Waals surface area contributed by atoms with Crippen LogP contribution >= 0.6 is 0 Å². The van der Waals surface area contributed by atoms with Gasteiger partial charge in [0.2, 0.25) is 0 Å². The Morgan fingerprint density at radius 3 is 2.00 bits per heavy atom. The third kappa shape index (κ3) is 8.21. The smallest absolute Gasteiger partial charge is 0.0152 e. The molecule has 0 N–H and O–H groups in total. The van der Waals surface area contributed by atoms with Crippen LogP contribution in [0.3, 0.4) is 0 Å². The molecule has 0 unspecified atom stereocenters. The van der Waals surface area contributed by atoms with Gasteiger partial charge in [0.05, 0.1) is 0 Å². The van der Waals surface area contributed by atoms with Crippen molar-refractivity contribution < 1.29 is 0 Å². The van der Waals surface area contributed by atoms with Gasteiger partial charge in [-0.3, -0.25) is 0 Å². The zero-order valence-electron chi connectivity index (χ0n) is 16.9. The van der Waals surface area contributed by atoms with Crippen LogP contribution in [0.2, 0.25) is 0 Å². The van der Waals surface area contributed by atoms with E-state index in [0.717, 1.165) is 0 Å². The Morgan fingerprint density at radius 2 is 1.23 bits per heavy atom. The molecular weight excluding hydrogens is 312 g/mol. The molecule has 0 atom stereocenters. The maximum absolute atomic E-state index is 2.41. The van der Waals surface area contributed by atoms with Crippen molar-refractivity contribution in [1.82, 2.24) is 0 Å². The van der Waals surface area contributed by atoms with E-state index in [1.165, 1.54) is 99.8 Å². The summed E-state index contributed by atoms with van der Waals surface area (Å²) in [6.45, 7) is 2.28. The fourth-order valence-electron chi connectivity index (χ4n) is 3.72. The van der Waals surface area contributed by atoms with Gasteiger partial charge in [0.1, 0.15) is 0 Å². The predicted molar refractivity (Wildman–Crippen MR) is 118 cm³/mol. The van der Waals surface area contributed by atoms with E-state index in [0.29, 0.717) is 0 Å². The summed E-state index contributed by atoms with van der Waals surface area (Å²) < 4.78 is 0. The van der Waals surface area contributed by atoms with Crippen molar-refractivity contribution in [3.63, 3.8) is 0 Å². The van der Waals surface area contributed by atoms with Crippen LogP contribution in [0.25, 0.3) is 10.8 Å². The van der Waals surface area contributed by atoms with E-state index in [1.807, 2.05) is 0 Å². The van der Waals surface area contributed by atoms with E-state index in [4.69, 9.17) is 0 Å². The average molecular weight is 351 g/mol. The largest absolute Gasteiger partial charge is 0.0885 e. The molecule has 0 aliphatic carbocycles. The molecular formula is C26H38. The Hall–Kier alpha value is -1.56. The fraction of sp³-hybridized carbons (Fsp3) is 0.538. The first kappa shape index (κ1) is 20.7. The molecule has 26 heavy (non-hydrogen) atoms. The molecule has 0 amide bonds. The second-order valence-electron chi connectivity index (χ2n) is 7.62. The molecule has 2 aromatic carbocycles. The molecule has 0 aliphatic heterocycles. The molecule has 142 valence electrons. The highest BCUT2D eigenvalue weighted by molar-refractivity contribution is 5.85. The second kappa shape index (κ2) is 13.6. The van der Waals surface area contributed by atoms with E-state index in [9.17, 15) is 0 Å². The highest BCUT2D eigenvalue weighted by atomic mass is 14.0. The van der Waals surface area contributed by atoms with E-state index in [-0.39, 0.29) is 0 Å². The minimum absolute atomic E-state index is 1.22. The summed E-state index contributed by atoms with van der Waals surface area (Å²) >= 11 is 0. The summed E-state index contributed by atoms with van der Waals surface area (Å²) in [5, 5.41) is 2.81. The van der Waals surface area contributed by atoms with Gasteiger partial charge < -0.3 is 0 Å². The number of rotatable bonds is 14. The summed E-state index contributed by atoms with van der Waals surface area (Å²) in [7, 11) is 0. The van der Waals surface area contributed by atoms with Crippen LogP contribution in [-0.4, -0.2) is 0 Å². The number of aryl methyl sites for hydroxylation is 1. The molecule has 0 heterocycles. The van der Waals surface area contributed by atoms with Gasteiger partial charge >= 0.3 is 0 Å². The Kier molecular flexibility index (Phi) is 10.9. The molecule has 0 fully saturated rings. The minimum Gasteiger partial charge on any atom is -0.0885 e. The molecule has 0 bridgehead atoms. The van der Waals surface area contributed by atoms with Crippen molar-refractivity contribution in [3.8, 4) is 0 Å². The molecule has 0 aliphatic rings. The summed E-state index contributed by atoms with van der Waals surface area (Å²) in [4.78, 5) is 0. The molecule has 2 rings (SSSR count). The maximum atomic E-state index is 2.41. The van der Waals surface area contributed by atoms with Gasteiger partial charge in [-0.25, -0.2) is 0 Å². The lowest BCUT2D eigenvalue weighted by atomic mass is 9.99. The van der Waals surface area contributed by atoms with Gasteiger partial charge in [-0.1, -0.05) is 106 Å². The van der Waals surface area contributed by atoms with Crippen molar-refractivity contribution in [2.24, 2.45) is 0 Å². The molecule has 0 radical (unpaired) electrons. The topological polar surface area (TPSA) is 0 Å². The van der Waals surface area contributed by atoms with Gasteiger partial charge in [0.15, 0.2) is 0 Å². The lowest BCUT2D eigenvalue weighted by Crippen LogP contribution is -1.88. The molecule has 0 saturated carbocycles. The molecule has 0 spiro atoms. The molecule has 0 nitrogen and oxygen atoms in total. The highest BCUT2D eigenvalue weighted by Gasteiger charge is 1.99. The van der Waals surface area contributed by atoms with E-state index >= 15 is 0 Å². The van der Waals surface area contributed by atoms with Gasteiger partial charge in [0, 0.05) is 0 Å². The second-order valence-corrected chi connectivity index (χ2v) is 7.62. The first-order valence-electron chi connectivity index (χ1n) is 11.0. The maximum Gasteiger partial charge on any atom is -0.0152 e. The molecule has 2 aromatic rings. The third-order valence-electron chi connectivity index (χ3n) is 5.34. The lowest BCUT2D eigenvalue weighted by molar-refractivity contribution is 0.610. The average Bonchev–Trinajstić information content (AvgIpc) is 2.68. The number of allylic oxidation sites excluding steroid dienone is 2. The normalized spacial score (nSPS) is 11.6. The summed E-state index contributed by atoms with van der Waals surface area (Å²) in [6, 6.07) is 15.5. The SMILES string of the molecule is CCCCCCCC/C=C/CCCCCCc1cccc2ccccc12. The summed E-state index contributed by atoms with van der Waals surface area (Å²) in [5.41, 5.74) is 1.52. The molecule has 0 aromatic heterocycles. The zero-order valence-corrected chi connectivity index (χ0v) is 16.9. The number of fused-ring (bicyclic) bond motifs is 1. The third-order valence-corrected chi connectivity index (χ3v) is 5.34. The zero-order chi connectivity index (χ0) is 18.3. The standard InChI is InChI=1S/C26H38/c1-2-3-4-5-6-7-8-9-10-11-12-13-14-15-19-24-21-18-22-25-20-16-17-23-26(24)25/h9-10,16-18,20-23H,2-8,11-15,19H2,1H3/b10-9+. The first-order valence-corrected chi connectivity index (χ1v) is 11.0. The minimum atomic E-state index is 1.22. The van der Waals surface area contributed by atoms with Crippen molar-refractivity contribution in [3.05, 3.63) is 60.2 Å². The van der Waals surface area contributed by atoms with Crippen LogP contribution in [-0.2, 0) is 6.42 Å². The number of benzene rings is 2. The number of unbranched alkanes of at least 4 members (excludes halogenated alkanes) is 10. The van der Waals surface area contributed by atoms with Crippen LogP contribution < -0.4 is 0 Å². The van der Waals surface area contributed by atoms with Crippen molar-refractivity contribution >= 4 is 10.8 Å². The summed E-state index contributed by atoms with van der Waals surface area (Å²) in [5.74, 6) is 0. The quantitative estimate of drug-likeness (QED) is 0.236. The Bertz CT molecular complexity index is 617. The van der Waals surface area contributed by atoms with E-state index in [1.54, 1.807) is 0 Å². The van der Waals surface area contributed by atoms with Crippen LogP contribution in [0, 0.1) is 0 Å². The number of hydrogen-bond donors (Lipinski definition) is 0. The van der Waals surface area contributed by atoms with E-state index < -0.39 is 0 Å². The Balaban J connectivity index is 1.47. The highest BCUT2D eigenvalue weighted by Crippen LogP contribution is 2.20. The van der Waals surface area contributed by atoms with Gasteiger partial charge in [-0.15, -0.1) is 0 Å². The van der Waals surface area contributed by atoms with Crippen LogP contribution in [0.5, 0.6) is 0 Å². The molecule has 0 heteroatoms. The van der Waals surface area contributed by atoms with Crippen molar-refractivity contribution in [2.45, 2.75) is 90.4 Å². The fourth-order valence-corrected chi connectivity index (χ4v) is 3.72. The Labute approximate surface area is 161 Å². The molecule has 0 saturated heterocycles. The first-order chi connectivity index (χ1) is 12.9. The van der Waals surface area contributed by atoms with Gasteiger partial charge in [0.25, 0.3) is 0 Å². The van der Waals surface area contributed by atoms with Crippen LogP contribution in [0.4, 0.5) is 0 Å².